The molecule has 7 nitrogen and oxygen atoms in total. The summed E-state index contributed by atoms with van der Waals surface area (Å²) in [6, 6.07) is 5.37. The summed E-state index contributed by atoms with van der Waals surface area (Å²) in [5.74, 6) is 2.90. The van der Waals surface area contributed by atoms with E-state index in [1.165, 1.54) is 21.3 Å². The quantitative estimate of drug-likeness (QED) is 0.224. The molecule has 195 valence electrons. The highest BCUT2D eigenvalue weighted by Gasteiger charge is 2.30. The van der Waals surface area contributed by atoms with Crippen molar-refractivity contribution in [3.63, 3.8) is 0 Å². The smallest absolute Gasteiger partial charge is 0.205 e. The number of ether oxygens (including phenoxy) is 5. The molecular weight excluding hydrogens is 476 g/mol. The molecule has 0 saturated carbocycles. The number of methoxy groups -OCH3 is 4. The number of carbonyl (C=O) groups excluding carboxylic acids is 1. The van der Waals surface area contributed by atoms with Gasteiger partial charge in [-0.05, 0) is 43.7 Å². The van der Waals surface area contributed by atoms with Gasteiger partial charge in [-0.2, -0.15) is 0 Å². The Morgan fingerprint density at radius 1 is 0.917 bits per heavy atom. The normalized spacial score (nSPS) is 11.3. The minimum absolute atomic E-state index is 0.0977. The standard InChI is InChI=1S/C28H37O7Si/c1-10-11-12-18-23(25(29)17-13-19(30-4)26(33-7)20(14-17)31-5)24-22(36(8)9)15-21(32-6)27(28(24)35-18)34-16(2)3/h13-16H,10-12H2,1-9H3. The van der Waals surface area contributed by atoms with E-state index >= 15 is 0 Å². The van der Waals surface area contributed by atoms with Crippen molar-refractivity contribution in [2.75, 3.05) is 28.4 Å². The van der Waals surface area contributed by atoms with Gasteiger partial charge >= 0.3 is 0 Å². The van der Waals surface area contributed by atoms with Gasteiger partial charge in [0.2, 0.25) is 11.5 Å². The molecule has 0 amide bonds. The first-order valence-electron chi connectivity index (χ1n) is 12.2. The average molecular weight is 514 g/mol. The van der Waals surface area contributed by atoms with Gasteiger partial charge in [0.05, 0.1) is 48.9 Å². The van der Waals surface area contributed by atoms with Gasteiger partial charge in [0.1, 0.15) is 5.76 Å². The molecule has 0 saturated heterocycles. The van der Waals surface area contributed by atoms with E-state index in [0.717, 1.165) is 23.4 Å². The molecule has 1 heterocycles. The molecule has 0 aliphatic carbocycles. The van der Waals surface area contributed by atoms with E-state index in [-0.39, 0.29) is 11.9 Å². The van der Waals surface area contributed by atoms with Gasteiger partial charge in [-0.15, -0.1) is 0 Å². The SMILES string of the molecule is CCCCc1oc2c(OC(C)C)c(OC)cc([Si](C)C)c2c1C(=O)c1cc(OC)c(OC)c(OC)c1. The van der Waals surface area contributed by atoms with Crippen LogP contribution in [-0.2, 0) is 6.42 Å². The second-order valence-corrected chi connectivity index (χ2v) is 11.6. The van der Waals surface area contributed by atoms with Gasteiger partial charge < -0.3 is 28.1 Å². The maximum Gasteiger partial charge on any atom is 0.205 e. The zero-order valence-corrected chi connectivity index (χ0v) is 23.8. The van der Waals surface area contributed by atoms with Gasteiger partial charge in [0.25, 0.3) is 0 Å². The first-order valence-corrected chi connectivity index (χ1v) is 14.7. The summed E-state index contributed by atoms with van der Waals surface area (Å²) < 4.78 is 34.8. The number of carbonyl (C=O) groups is 1. The monoisotopic (exact) mass is 513 g/mol. The molecule has 0 fully saturated rings. The third-order valence-corrected chi connectivity index (χ3v) is 7.45. The maximum absolute atomic E-state index is 14.2. The largest absolute Gasteiger partial charge is 0.493 e. The van der Waals surface area contributed by atoms with Crippen LogP contribution in [0.2, 0.25) is 13.1 Å². The Morgan fingerprint density at radius 2 is 1.50 bits per heavy atom. The second kappa shape index (κ2) is 11.7. The molecule has 3 rings (SSSR count). The highest BCUT2D eigenvalue weighted by Crippen LogP contribution is 2.43. The highest BCUT2D eigenvalue weighted by atomic mass is 28.3. The number of hydrogen-bond acceptors (Lipinski definition) is 7. The molecule has 36 heavy (non-hydrogen) atoms. The van der Waals surface area contributed by atoms with Crippen LogP contribution in [0.5, 0.6) is 28.7 Å². The number of unbranched alkanes of at least 4 members (excludes halogenated alkanes) is 1. The van der Waals surface area contributed by atoms with Crippen LogP contribution in [0.4, 0.5) is 0 Å². The molecule has 3 aromatic rings. The molecule has 1 aromatic heterocycles. The fourth-order valence-electron chi connectivity index (χ4n) is 4.28. The van der Waals surface area contributed by atoms with E-state index in [9.17, 15) is 4.79 Å². The van der Waals surface area contributed by atoms with Gasteiger partial charge in [-0.1, -0.05) is 26.4 Å². The highest BCUT2D eigenvalue weighted by molar-refractivity contribution is 6.73. The second-order valence-electron chi connectivity index (χ2n) is 9.07. The van der Waals surface area contributed by atoms with Crippen LogP contribution in [-0.4, -0.2) is 49.1 Å². The van der Waals surface area contributed by atoms with E-state index in [0.29, 0.717) is 57.6 Å². The maximum atomic E-state index is 14.2. The number of ketones is 1. The van der Waals surface area contributed by atoms with Gasteiger partial charge in [-0.3, -0.25) is 4.79 Å². The molecule has 0 N–H and O–H groups in total. The van der Waals surface area contributed by atoms with Crippen molar-refractivity contribution >= 4 is 30.7 Å². The van der Waals surface area contributed by atoms with Crippen LogP contribution in [0.25, 0.3) is 11.0 Å². The predicted molar refractivity (Wildman–Crippen MR) is 144 cm³/mol. The molecule has 2 aromatic carbocycles. The number of benzene rings is 2. The van der Waals surface area contributed by atoms with Crippen molar-refractivity contribution in [2.45, 2.75) is 59.2 Å². The Labute approximate surface area is 215 Å². The fraction of sp³-hybridized carbons (Fsp3) is 0.464. The molecule has 1 radical (unpaired) electrons. The number of aryl methyl sites for hydroxylation is 1. The Balaban J connectivity index is 2.40. The lowest BCUT2D eigenvalue weighted by atomic mass is 9.97. The topological polar surface area (TPSA) is 76.4 Å². The lowest BCUT2D eigenvalue weighted by Crippen LogP contribution is -2.25. The summed E-state index contributed by atoms with van der Waals surface area (Å²) in [5.41, 5.74) is 1.55. The zero-order valence-electron chi connectivity index (χ0n) is 22.8. The Hall–Kier alpha value is -3.13. The number of hydrogen-bond donors (Lipinski definition) is 0. The van der Waals surface area contributed by atoms with Crippen molar-refractivity contribution in [3.05, 3.63) is 35.1 Å². The van der Waals surface area contributed by atoms with Crippen molar-refractivity contribution in [1.29, 1.82) is 0 Å². The Bertz CT molecular complexity index is 1200. The van der Waals surface area contributed by atoms with Crippen LogP contribution in [0.15, 0.2) is 22.6 Å². The predicted octanol–water partition coefficient (Wildman–Crippen LogP) is 5.79. The third-order valence-electron chi connectivity index (χ3n) is 5.98. The fourth-order valence-corrected chi connectivity index (χ4v) is 5.44. The van der Waals surface area contributed by atoms with Crippen molar-refractivity contribution in [3.8, 4) is 28.7 Å². The lowest BCUT2D eigenvalue weighted by Gasteiger charge is -2.17. The van der Waals surface area contributed by atoms with Crippen molar-refractivity contribution in [1.82, 2.24) is 0 Å². The summed E-state index contributed by atoms with van der Waals surface area (Å²) in [6.07, 6.45) is 2.39. The van der Waals surface area contributed by atoms with E-state index in [1.54, 1.807) is 19.2 Å². The van der Waals surface area contributed by atoms with Crippen LogP contribution in [0.3, 0.4) is 0 Å². The van der Waals surface area contributed by atoms with Crippen molar-refractivity contribution < 1.29 is 32.9 Å². The van der Waals surface area contributed by atoms with Crippen LogP contribution in [0.1, 0.15) is 55.3 Å². The van der Waals surface area contributed by atoms with E-state index in [2.05, 4.69) is 20.0 Å². The molecule has 0 spiro atoms. The lowest BCUT2D eigenvalue weighted by molar-refractivity contribution is 0.103. The minimum atomic E-state index is -1.01. The summed E-state index contributed by atoms with van der Waals surface area (Å²) in [5, 5.41) is 1.86. The molecule has 0 aliphatic heterocycles. The summed E-state index contributed by atoms with van der Waals surface area (Å²) in [7, 11) is 5.22. The van der Waals surface area contributed by atoms with Crippen molar-refractivity contribution in [2.24, 2.45) is 0 Å². The van der Waals surface area contributed by atoms with Gasteiger partial charge in [0.15, 0.2) is 28.6 Å². The first kappa shape index (κ1) is 27.5. The number of fused-ring (bicyclic) bond motifs is 1. The summed E-state index contributed by atoms with van der Waals surface area (Å²) in [4.78, 5) is 14.2. The molecule has 0 aliphatic rings. The van der Waals surface area contributed by atoms with Crippen LogP contribution in [0, 0.1) is 0 Å². The van der Waals surface area contributed by atoms with E-state index < -0.39 is 8.80 Å². The Kier molecular flexibility index (Phi) is 8.95. The third kappa shape index (κ3) is 5.19. The van der Waals surface area contributed by atoms with E-state index in [1.807, 2.05) is 19.9 Å². The molecule has 0 atom stereocenters. The minimum Gasteiger partial charge on any atom is -0.493 e. The van der Waals surface area contributed by atoms with Gasteiger partial charge in [-0.25, -0.2) is 0 Å². The zero-order chi connectivity index (χ0) is 26.6. The van der Waals surface area contributed by atoms with E-state index in [4.69, 9.17) is 28.1 Å². The summed E-state index contributed by atoms with van der Waals surface area (Å²) >= 11 is 0. The molecule has 8 heteroatoms. The number of furan rings is 1. The molecule has 0 unspecified atom stereocenters. The molecule has 0 bridgehead atoms. The van der Waals surface area contributed by atoms with Gasteiger partial charge in [0, 0.05) is 17.4 Å². The average Bonchev–Trinajstić information content (AvgIpc) is 3.24. The molecular formula is C28H37O7Si. The number of rotatable bonds is 12. The van der Waals surface area contributed by atoms with Crippen LogP contribution < -0.4 is 28.9 Å². The summed E-state index contributed by atoms with van der Waals surface area (Å²) in [6.45, 7) is 10.4. The first-order chi connectivity index (χ1) is 17.2. The van der Waals surface area contributed by atoms with Crippen LogP contribution >= 0.6 is 0 Å². The Morgan fingerprint density at radius 3 is 1.97 bits per heavy atom.